The molecule has 1 aromatic rings. The first kappa shape index (κ1) is 37.2. The van der Waals surface area contributed by atoms with E-state index < -0.39 is 59.2 Å². The Bertz CT molecular complexity index is 1410. The highest BCUT2D eigenvalue weighted by atomic mass is 16.6. The third-order valence-corrected chi connectivity index (χ3v) is 8.71. The summed E-state index contributed by atoms with van der Waals surface area (Å²) in [5.41, 5.74) is -1.20. The van der Waals surface area contributed by atoms with Crippen molar-refractivity contribution in [2.75, 3.05) is 27.2 Å². The average molecular weight is 683 g/mol. The number of fused-ring (bicyclic) bond motifs is 2. The fraction of sp³-hybridized carbons (Fsp3) is 0.600. The zero-order chi connectivity index (χ0) is 35.8. The molecule has 2 heterocycles. The molecule has 3 aliphatic rings. The Labute approximate surface area is 287 Å². The Kier molecular flexibility index (Phi) is 12.3. The quantitative estimate of drug-likeness (QED) is 0.317. The molecule has 2 fully saturated rings. The van der Waals surface area contributed by atoms with Gasteiger partial charge in [0.05, 0.1) is 13.1 Å². The molecule has 6 amide bonds. The predicted molar refractivity (Wildman–Crippen MR) is 180 cm³/mol. The normalized spacial score (nSPS) is 26.3. The summed E-state index contributed by atoms with van der Waals surface area (Å²) in [5, 5.41) is 11.1. The van der Waals surface area contributed by atoms with Crippen molar-refractivity contribution >= 4 is 35.8 Å². The van der Waals surface area contributed by atoms with E-state index in [0.717, 1.165) is 24.8 Å². The molecule has 1 aliphatic carbocycles. The van der Waals surface area contributed by atoms with Crippen molar-refractivity contribution in [1.29, 1.82) is 0 Å². The van der Waals surface area contributed by atoms with E-state index in [4.69, 9.17) is 9.47 Å². The van der Waals surface area contributed by atoms with E-state index >= 15 is 0 Å². The third kappa shape index (κ3) is 10.4. The molecule has 1 aromatic carbocycles. The number of rotatable bonds is 7. The first-order valence-electron chi connectivity index (χ1n) is 16.9. The highest BCUT2D eigenvalue weighted by Crippen LogP contribution is 2.45. The van der Waals surface area contributed by atoms with E-state index in [0.29, 0.717) is 25.8 Å². The van der Waals surface area contributed by atoms with E-state index in [9.17, 15) is 28.8 Å². The Morgan fingerprint density at radius 2 is 1.78 bits per heavy atom. The van der Waals surface area contributed by atoms with Crippen LogP contribution in [-0.2, 0) is 35.2 Å². The van der Waals surface area contributed by atoms with Crippen LogP contribution < -0.4 is 21.3 Å². The molecule has 5 atom stereocenters. The standard InChI is InChI=1S/C35H50N6O8/c1-34(2,3)49-32(46)38-26-17-13-8-6-7-12-16-24-19-35(24,31(45)37-21-28(42)36-20-23-14-10-9-11-15-23)39-29(43)27-18-25(22-41(27)30(26)44)48-33(47)40(4)5/h9-12,14-16,24-27H,6-8,13,17-22H2,1-5H3,(H,36,42)(H,37,45)(H,38,46)(H,39,43)/b16-12-/t24-,25-,26+,27+,35-/m1/s1. The summed E-state index contributed by atoms with van der Waals surface area (Å²) in [4.78, 5) is 82.2. The number of nitrogens with one attached hydrogen (secondary N) is 4. The second kappa shape index (κ2) is 16.2. The Hall–Kier alpha value is -4.62. The van der Waals surface area contributed by atoms with Gasteiger partial charge in [0.25, 0.3) is 0 Å². The molecule has 1 saturated heterocycles. The molecule has 268 valence electrons. The number of hydrogen-bond donors (Lipinski definition) is 4. The summed E-state index contributed by atoms with van der Waals surface area (Å²) in [6.07, 6.45) is 5.30. The van der Waals surface area contributed by atoms with Gasteiger partial charge in [-0.15, -0.1) is 0 Å². The maximum atomic E-state index is 14.1. The van der Waals surface area contributed by atoms with E-state index in [1.54, 1.807) is 20.8 Å². The number of hydrogen-bond acceptors (Lipinski definition) is 8. The van der Waals surface area contributed by atoms with Gasteiger partial charge in [-0.2, -0.15) is 0 Å². The number of alkyl carbamates (subject to hydrolysis) is 1. The zero-order valence-corrected chi connectivity index (χ0v) is 29.1. The maximum absolute atomic E-state index is 14.1. The molecule has 0 bridgehead atoms. The molecule has 14 heteroatoms. The van der Waals surface area contributed by atoms with E-state index in [-0.39, 0.29) is 31.3 Å². The van der Waals surface area contributed by atoms with Gasteiger partial charge >= 0.3 is 12.2 Å². The van der Waals surface area contributed by atoms with Crippen molar-refractivity contribution in [3.8, 4) is 0 Å². The lowest BCUT2D eigenvalue weighted by Gasteiger charge is -2.30. The number of amides is 6. The van der Waals surface area contributed by atoms with E-state index in [1.807, 2.05) is 42.5 Å². The van der Waals surface area contributed by atoms with Gasteiger partial charge in [-0.3, -0.25) is 19.2 Å². The largest absolute Gasteiger partial charge is 0.444 e. The number of nitrogens with zero attached hydrogens (tertiary/aromatic N) is 2. The molecule has 0 aromatic heterocycles. The number of ether oxygens (including phenoxy) is 2. The maximum Gasteiger partial charge on any atom is 0.409 e. The lowest BCUT2D eigenvalue weighted by Crippen LogP contribution is -2.58. The number of carbonyl (C=O) groups is 6. The lowest BCUT2D eigenvalue weighted by atomic mass is 10.0. The van der Waals surface area contributed by atoms with Crippen molar-refractivity contribution in [1.82, 2.24) is 31.1 Å². The predicted octanol–water partition coefficient (Wildman–Crippen LogP) is 2.38. The van der Waals surface area contributed by atoms with Crippen molar-refractivity contribution in [2.24, 2.45) is 5.92 Å². The third-order valence-electron chi connectivity index (χ3n) is 8.71. The summed E-state index contributed by atoms with van der Waals surface area (Å²) in [6.45, 7) is 5.10. The van der Waals surface area contributed by atoms with Crippen molar-refractivity contribution in [2.45, 2.75) is 102 Å². The summed E-state index contributed by atoms with van der Waals surface area (Å²) in [5.74, 6) is -2.31. The molecule has 1 saturated carbocycles. The molecule has 4 rings (SSSR count). The van der Waals surface area contributed by atoms with Crippen LogP contribution in [0.5, 0.6) is 0 Å². The van der Waals surface area contributed by atoms with Crippen LogP contribution in [-0.4, -0.2) is 102 Å². The Balaban J connectivity index is 1.53. The topological polar surface area (TPSA) is 175 Å². The highest BCUT2D eigenvalue weighted by molar-refractivity contribution is 5.99. The second-order valence-electron chi connectivity index (χ2n) is 14.1. The molecule has 0 radical (unpaired) electrons. The van der Waals surface area contributed by atoms with Crippen LogP contribution >= 0.6 is 0 Å². The van der Waals surface area contributed by atoms with E-state index in [1.165, 1.54) is 23.9 Å². The molecule has 0 spiro atoms. The summed E-state index contributed by atoms with van der Waals surface area (Å²) < 4.78 is 11.0. The first-order valence-corrected chi connectivity index (χ1v) is 16.9. The van der Waals surface area contributed by atoms with Crippen LogP contribution in [0, 0.1) is 5.92 Å². The Morgan fingerprint density at radius 3 is 2.47 bits per heavy atom. The lowest BCUT2D eigenvalue weighted by molar-refractivity contribution is -0.141. The van der Waals surface area contributed by atoms with Crippen molar-refractivity contribution in [3.05, 3.63) is 48.0 Å². The summed E-state index contributed by atoms with van der Waals surface area (Å²) in [6, 6.07) is 7.29. The molecule has 2 aliphatic heterocycles. The van der Waals surface area contributed by atoms with Gasteiger partial charge in [0.15, 0.2) is 0 Å². The minimum atomic E-state index is -1.32. The smallest absolute Gasteiger partial charge is 0.409 e. The fourth-order valence-corrected chi connectivity index (χ4v) is 6.04. The van der Waals surface area contributed by atoms with Crippen LogP contribution in [0.4, 0.5) is 9.59 Å². The van der Waals surface area contributed by atoms with Crippen LogP contribution in [0.15, 0.2) is 42.5 Å². The highest BCUT2D eigenvalue weighted by Gasteiger charge is 2.61. The van der Waals surface area contributed by atoms with Gasteiger partial charge in [-0.1, -0.05) is 55.3 Å². The minimum absolute atomic E-state index is 0.00356. The van der Waals surface area contributed by atoms with Crippen molar-refractivity contribution in [3.63, 3.8) is 0 Å². The molecule has 4 N–H and O–H groups in total. The zero-order valence-electron chi connectivity index (χ0n) is 29.1. The first-order chi connectivity index (χ1) is 23.2. The molecular weight excluding hydrogens is 632 g/mol. The van der Waals surface area contributed by atoms with Gasteiger partial charge in [-0.25, -0.2) is 9.59 Å². The summed E-state index contributed by atoms with van der Waals surface area (Å²) in [7, 11) is 3.06. The van der Waals surface area contributed by atoms with Crippen molar-refractivity contribution < 1.29 is 38.2 Å². The molecular formula is C35H50N6O8. The monoisotopic (exact) mass is 682 g/mol. The van der Waals surface area contributed by atoms with Crippen LogP contribution in [0.25, 0.3) is 0 Å². The van der Waals surface area contributed by atoms with Gasteiger partial charge in [0.1, 0.15) is 29.3 Å². The van der Waals surface area contributed by atoms with Gasteiger partial charge in [0.2, 0.25) is 23.6 Å². The number of benzene rings is 1. The van der Waals surface area contributed by atoms with Crippen LogP contribution in [0.2, 0.25) is 0 Å². The SMILES string of the molecule is CN(C)C(=O)O[C@@H]1C[C@H]2C(=O)N[C@]3(C(=O)NCC(=O)NCc4ccccc4)C[C@H]3/C=C\CCCCC[C@H](NC(=O)OC(C)(C)C)C(=O)N2C1. The average Bonchev–Trinajstić information content (AvgIpc) is 3.57. The van der Waals surface area contributed by atoms with Gasteiger partial charge in [-0.05, 0) is 52.0 Å². The number of allylic oxidation sites excluding steroid dienone is 1. The fourth-order valence-electron chi connectivity index (χ4n) is 6.04. The molecule has 14 nitrogen and oxygen atoms in total. The second-order valence-corrected chi connectivity index (χ2v) is 14.1. The summed E-state index contributed by atoms with van der Waals surface area (Å²) >= 11 is 0. The minimum Gasteiger partial charge on any atom is -0.444 e. The van der Waals surface area contributed by atoms with Gasteiger partial charge in [0, 0.05) is 33.0 Å². The van der Waals surface area contributed by atoms with Crippen LogP contribution in [0.3, 0.4) is 0 Å². The molecule has 49 heavy (non-hydrogen) atoms. The molecule has 0 unspecified atom stereocenters. The Morgan fingerprint density at radius 1 is 1.04 bits per heavy atom. The van der Waals surface area contributed by atoms with E-state index in [2.05, 4.69) is 21.3 Å². The van der Waals surface area contributed by atoms with Gasteiger partial charge < -0.3 is 40.5 Å². The number of carbonyl (C=O) groups excluding carboxylic acids is 6. The van der Waals surface area contributed by atoms with Crippen LogP contribution in [0.1, 0.15) is 71.3 Å².